The molecule has 70 valence electrons. The Morgan fingerprint density at radius 3 is 2.36 bits per heavy atom. The molecule has 2 N–H and O–H groups in total. The van der Waals surface area contributed by atoms with E-state index in [9.17, 15) is 0 Å². The van der Waals surface area contributed by atoms with Crippen molar-refractivity contribution in [2.24, 2.45) is 0 Å². The zero-order valence-corrected chi connectivity index (χ0v) is 8.07. The summed E-state index contributed by atoms with van der Waals surface area (Å²) in [6.07, 6.45) is 3.57. The fourth-order valence-corrected chi connectivity index (χ4v) is 1.52. The van der Waals surface area contributed by atoms with E-state index in [4.69, 9.17) is 5.73 Å². The molecule has 1 aromatic heterocycles. The molecule has 2 aromatic rings. The van der Waals surface area contributed by atoms with Crippen LogP contribution in [0.15, 0.2) is 42.7 Å². The third-order valence-corrected chi connectivity index (χ3v) is 2.11. The lowest BCUT2D eigenvalue weighted by Crippen LogP contribution is -1.87. The average molecular weight is 184 g/mol. The second-order valence-corrected chi connectivity index (χ2v) is 3.37. The number of pyridine rings is 1. The van der Waals surface area contributed by atoms with E-state index in [-0.39, 0.29) is 0 Å². The van der Waals surface area contributed by atoms with Crippen molar-refractivity contribution in [3.8, 4) is 11.1 Å². The SMILES string of the molecule is Cc1cc(N)cc(-c2ccncc2)c1. The zero-order chi connectivity index (χ0) is 9.97. The van der Waals surface area contributed by atoms with Crippen molar-refractivity contribution in [3.63, 3.8) is 0 Å². The molecular weight excluding hydrogens is 172 g/mol. The van der Waals surface area contributed by atoms with E-state index < -0.39 is 0 Å². The molecule has 0 unspecified atom stereocenters. The van der Waals surface area contributed by atoms with Gasteiger partial charge in [-0.25, -0.2) is 0 Å². The molecule has 0 bridgehead atoms. The second kappa shape index (κ2) is 3.50. The standard InChI is InChI=1S/C12H12N2/c1-9-6-11(8-12(13)7-9)10-2-4-14-5-3-10/h2-8H,13H2,1H3. The molecule has 2 rings (SSSR count). The number of anilines is 1. The first-order valence-corrected chi connectivity index (χ1v) is 4.53. The summed E-state index contributed by atoms with van der Waals surface area (Å²) >= 11 is 0. The van der Waals surface area contributed by atoms with E-state index in [2.05, 4.69) is 11.1 Å². The number of hydrogen-bond acceptors (Lipinski definition) is 2. The third-order valence-electron chi connectivity index (χ3n) is 2.11. The van der Waals surface area contributed by atoms with E-state index in [1.165, 1.54) is 5.56 Å². The second-order valence-electron chi connectivity index (χ2n) is 3.37. The Bertz CT molecular complexity index is 415. The van der Waals surface area contributed by atoms with Crippen LogP contribution >= 0.6 is 0 Å². The first-order valence-electron chi connectivity index (χ1n) is 4.53. The molecule has 0 aliphatic heterocycles. The van der Waals surface area contributed by atoms with Crippen molar-refractivity contribution in [1.82, 2.24) is 4.98 Å². The molecule has 1 aromatic carbocycles. The highest BCUT2D eigenvalue weighted by Crippen LogP contribution is 2.22. The maximum Gasteiger partial charge on any atom is 0.0322 e. The predicted octanol–water partition coefficient (Wildman–Crippen LogP) is 2.64. The first kappa shape index (κ1) is 8.75. The first-order chi connectivity index (χ1) is 6.75. The van der Waals surface area contributed by atoms with Gasteiger partial charge in [0.1, 0.15) is 0 Å². The van der Waals surface area contributed by atoms with Crippen LogP contribution in [0.25, 0.3) is 11.1 Å². The number of nitrogens with zero attached hydrogens (tertiary/aromatic N) is 1. The van der Waals surface area contributed by atoms with Crippen LogP contribution < -0.4 is 5.73 Å². The average Bonchev–Trinajstić information content (AvgIpc) is 2.18. The van der Waals surface area contributed by atoms with Gasteiger partial charge in [-0.3, -0.25) is 4.98 Å². The molecule has 0 aliphatic carbocycles. The molecule has 14 heavy (non-hydrogen) atoms. The summed E-state index contributed by atoms with van der Waals surface area (Å²) < 4.78 is 0. The fraction of sp³-hybridized carbons (Fsp3) is 0.0833. The Kier molecular flexibility index (Phi) is 2.19. The lowest BCUT2D eigenvalue weighted by molar-refractivity contribution is 1.33. The van der Waals surface area contributed by atoms with Gasteiger partial charge in [0.05, 0.1) is 0 Å². The van der Waals surface area contributed by atoms with Crippen LogP contribution in [0, 0.1) is 6.92 Å². The van der Waals surface area contributed by atoms with Crippen molar-refractivity contribution in [3.05, 3.63) is 48.3 Å². The van der Waals surface area contributed by atoms with Gasteiger partial charge in [0.25, 0.3) is 0 Å². The van der Waals surface area contributed by atoms with Crippen molar-refractivity contribution in [2.75, 3.05) is 5.73 Å². The summed E-state index contributed by atoms with van der Waals surface area (Å²) in [6.45, 7) is 2.04. The highest BCUT2D eigenvalue weighted by atomic mass is 14.6. The summed E-state index contributed by atoms with van der Waals surface area (Å²) in [5, 5.41) is 0. The van der Waals surface area contributed by atoms with E-state index in [1.807, 2.05) is 31.2 Å². The minimum Gasteiger partial charge on any atom is -0.399 e. The maximum absolute atomic E-state index is 5.78. The van der Waals surface area contributed by atoms with E-state index in [0.29, 0.717) is 0 Å². The summed E-state index contributed by atoms with van der Waals surface area (Å²) in [6, 6.07) is 10.0. The molecular formula is C12H12N2. The summed E-state index contributed by atoms with van der Waals surface area (Å²) in [5.41, 5.74) is 10.1. The highest BCUT2D eigenvalue weighted by molar-refractivity contribution is 5.67. The van der Waals surface area contributed by atoms with Gasteiger partial charge in [-0.15, -0.1) is 0 Å². The topological polar surface area (TPSA) is 38.9 Å². The Morgan fingerprint density at radius 2 is 1.71 bits per heavy atom. The van der Waals surface area contributed by atoms with Crippen LogP contribution in [0.5, 0.6) is 0 Å². The van der Waals surface area contributed by atoms with Crippen LogP contribution in [0.2, 0.25) is 0 Å². The van der Waals surface area contributed by atoms with Gasteiger partial charge in [0, 0.05) is 18.1 Å². The monoisotopic (exact) mass is 184 g/mol. The Balaban J connectivity index is 2.52. The van der Waals surface area contributed by atoms with Crippen molar-refractivity contribution in [2.45, 2.75) is 6.92 Å². The van der Waals surface area contributed by atoms with E-state index in [1.54, 1.807) is 12.4 Å². The fourth-order valence-electron chi connectivity index (χ4n) is 1.52. The number of aryl methyl sites for hydroxylation is 1. The van der Waals surface area contributed by atoms with Gasteiger partial charge in [-0.1, -0.05) is 6.07 Å². The normalized spacial score (nSPS) is 10.1. The van der Waals surface area contributed by atoms with Gasteiger partial charge in [-0.2, -0.15) is 0 Å². The Labute approximate surface area is 83.4 Å². The van der Waals surface area contributed by atoms with Crippen LogP contribution in [-0.4, -0.2) is 4.98 Å². The third kappa shape index (κ3) is 1.74. The van der Waals surface area contributed by atoms with Crippen molar-refractivity contribution in [1.29, 1.82) is 0 Å². The van der Waals surface area contributed by atoms with Gasteiger partial charge >= 0.3 is 0 Å². The van der Waals surface area contributed by atoms with Crippen molar-refractivity contribution >= 4 is 5.69 Å². The number of nitrogens with two attached hydrogens (primary N) is 1. The summed E-state index contributed by atoms with van der Waals surface area (Å²) in [7, 11) is 0. The van der Waals surface area contributed by atoms with Gasteiger partial charge in [0.15, 0.2) is 0 Å². The molecule has 2 nitrogen and oxygen atoms in total. The van der Waals surface area contributed by atoms with Crippen LogP contribution in [-0.2, 0) is 0 Å². The Hall–Kier alpha value is -1.83. The molecule has 0 amide bonds. The van der Waals surface area contributed by atoms with Crippen LogP contribution in [0.3, 0.4) is 0 Å². The molecule has 0 atom stereocenters. The molecule has 0 saturated heterocycles. The Morgan fingerprint density at radius 1 is 1.00 bits per heavy atom. The number of rotatable bonds is 1. The van der Waals surface area contributed by atoms with Gasteiger partial charge < -0.3 is 5.73 Å². The summed E-state index contributed by atoms with van der Waals surface area (Å²) in [5.74, 6) is 0. The smallest absolute Gasteiger partial charge is 0.0322 e. The molecule has 0 aliphatic rings. The number of benzene rings is 1. The lowest BCUT2D eigenvalue weighted by Gasteiger charge is -2.04. The molecule has 0 spiro atoms. The lowest BCUT2D eigenvalue weighted by atomic mass is 10.0. The molecule has 2 heteroatoms. The quantitative estimate of drug-likeness (QED) is 0.692. The van der Waals surface area contributed by atoms with E-state index >= 15 is 0 Å². The summed E-state index contributed by atoms with van der Waals surface area (Å²) in [4.78, 5) is 3.98. The van der Waals surface area contributed by atoms with Crippen molar-refractivity contribution < 1.29 is 0 Å². The number of hydrogen-bond donors (Lipinski definition) is 1. The molecule has 0 saturated carbocycles. The number of aromatic nitrogens is 1. The van der Waals surface area contributed by atoms with E-state index in [0.717, 1.165) is 16.8 Å². The largest absolute Gasteiger partial charge is 0.399 e. The molecule has 0 fully saturated rings. The predicted molar refractivity (Wildman–Crippen MR) is 58.8 cm³/mol. The minimum atomic E-state index is 0.803. The van der Waals surface area contributed by atoms with Gasteiger partial charge in [-0.05, 0) is 47.9 Å². The minimum absolute atomic E-state index is 0.803. The van der Waals surface area contributed by atoms with Crippen LogP contribution in [0.1, 0.15) is 5.56 Å². The zero-order valence-electron chi connectivity index (χ0n) is 8.07. The molecule has 1 heterocycles. The number of nitrogen functional groups attached to an aromatic ring is 1. The molecule has 0 radical (unpaired) electrons. The maximum atomic E-state index is 5.78. The highest BCUT2D eigenvalue weighted by Gasteiger charge is 1.98. The van der Waals surface area contributed by atoms with Gasteiger partial charge in [0.2, 0.25) is 0 Å². The van der Waals surface area contributed by atoms with Crippen LogP contribution in [0.4, 0.5) is 5.69 Å².